The number of carbonyl (C=O) groups is 2. The Kier molecular flexibility index (Phi) is 9.64. The van der Waals surface area contributed by atoms with E-state index in [-0.39, 0.29) is 17.8 Å². The minimum absolute atomic E-state index is 0.0225. The number of pyridine rings is 1. The molecule has 4 aromatic rings. The number of halogens is 4. The summed E-state index contributed by atoms with van der Waals surface area (Å²) in [5.74, 6) is -1.20. The molecule has 6 rings (SSSR count). The third-order valence-corrected chi connectivity index (χ3v) is 9.59. The van der Waals surface area contributed by atoms with Crippen molar-refractivity contribution in [3.8, 4) is 22.3 Å². The maximum Gasteiger partial charge on any atom is 0.405 e. The third kappa shape index (κ3) is 6.85. The lowest BCUT2D eigenvalue weighted by molar-refractivity contribution is -0.141. The first-order valence-corrected chi connectivity index (χ1v) is 16.4. The average Bonchev–Trinajstić information content (AvgIpc) is 3.38. The number of hydrogen-bond donors (Lipinski definition) is 2. The molecule has 0 radical (unpaired) electrons. The molecule has 48 heavy (non-hydrogen) atoms. The van der Waals surface area contributed by atoms with Crippen molar-refractivity contribution in [1.29, 1.82) is 0 Å². The molecule has 10 heteroatoms. The molecule has 0 bridgehead atoms. The Morgan fingerprint density at radius 2 is 1.54 bits per heavy atom. The summed E-state index contributed by atoms with van der Waals surface area (Å²) in [5, 5.41) is 5.33. The number of nitrogens with zero attached hydrogens (tertiary/aromatic N) is 2. The number of alkyl halides is 3. The Morgan fingerprint density at radius 1 is 0.896 bits per heavy atom. The maximum absolute atomic E-state index is 13.9. The fraction of sp³-hybridized carbons (Fsp3) is 0.342. The summed E-state index contributed by atoms with van der Waals surface area (Å²) in [6.45, 7) is 2.64. The summed E-state index contributed by atoms with van der Waals surface area (Å²) in [7, 11) is 0. The fourth-order valence-electron chi connectivity index (χ4n) is 7.20. The van der Waals surface area contributed by atoms with Crippen LogP contribution >= 0.6 is 0 Å². The number of fused-ring (bicyclic) bond motifs is 3. The Hall–Kier alpha value is -4.57. The molecule has 2 aliphatic rings. The van der Waals surface area contributed by atoms with Crippen molar-refractivity contribution in [1.82, 2.24) is 20.5 Å². The summed E-state index contributed by atoms with van der Waals surface area (Å²) in [6.07, 6.45) is 0.375. The normalized spacial score (nSPS) is 15.9. The van der Waals surface area contributed by atoms with Gasteiger partial charge in [-0.05, 0) is 90.7 Å². The molecule has 0 saturated carbocycles. The van der Waals surface area contributed by atoms with Crippen LogP contribution in [0, 0.1) is 12.7 Å². The van der Waals surface area contributed by atoms with Gasteiger partial charge in [0.25, 0.3) is 5.91 Å². The molecule has 1 fully saturated rings. The van der Waals surface area contributed by atoms with E-state index in [9.17, 15) is 27.2 Å². The number of hydrogen-bond acceptors (Lipinski definition) is 4. The second-order valence-electron chi connectivity index (χ2n) is 12.7. The van der Waals surface area contributed by atoms with Crippen LogP contribution < -0.4 is 10.6 Å². The Morgan fingerprint density at radius 3 is 2.19 bits per heavy atom. The molecular weight excluding hydrogens is 620 g/mol. The summed E-state index contributed by atoms with van der Waals surface area (Å²) in [4.78, 5) is 33.7. The fourth-order valence-corrected chi connectivity index (χ4v) is 7.20. The lowest BCUT2D eigenvalue weighted by Gasteiger charge is -2.33. The predicted molar refractivity (Wildman–Crippen MR) is 177 cm³/mol. The highest BCUT2D eigenvalue weighted by Crippen LogP contribution is 2.51. The van der Waals surface area contributed by atoms with E-state index in [1.54, 1.807) is 31.3 Å². The number of nitrogens with one attached hydrogen (secondary N) is 2. The Labute approximate surface area is 277 Å². The first kappa shape index (κ1) is 33.3. The second-order valence-corrected chi connectivity index (χ2v) is 12.7. The minimum atomic E-state index is -4.51. The molecule has 3 aromatic carbocycles. The van der Waals surface area contributed by atoms with Gasteiger partial charge in [-0.25, -0.2) is 4.39 Å². The second kappa shape index (κ2) is 13.9. The number of benzene rings is 3. The van der Waals surface area contributed by atoms with Crippen LogP contribution in [0.5, 0.6) is 0 Å². The van der Waals surface area contributed by atoms with Gasteiger partial charge in [-0.15, -0.1) is 0 Å². The lowest BCUT2D eigenvalue weighted by Crippen LogP contribution is -2.47. The predicted octanol–water partition coefficient (Wildman–Crippen LogP) is 7.21. The van der Waals surface area contributed by atoms with Gasteiger partial charge in [0.05, 0.1) is 0 Å². The number of carbonyl (C=O) groups excluding carboxylic acids is 2. The molecule has 2 heterocycles. The number of aryl methyl sites for hydroxylation is 1. The zero-order valence-corrected chi connectivity index (χ0v) is 26.7. The molecule has 0 atom stereocenters. The molecule has 1 aromatic heterocycles. The van der Waals surface area contributed by atoms with Crippen LogP contribution in [0.1, 0.15) is 59.3 Å². The summed E-state index contributed by atoms with van der Waals surface area (Å²) in [5.41, 5.74) is 4.21. The number of amides is 2. The zero-order valence-electron chi connectivity index (χ0n) is 26.7. The van der Waals surface area contributed by atoms with E-state index >= 15 is 0 Å². The number of rotatable bonds is 10. The van der Waals surface area contributed by atoms with E-state index in [0.29, 0.717) is 29.7 Å². The van der Waals surface area contributed by atoms with Crippen LogP contribution in [0.15, 0.2) is 85.1 Å². The van der Waals surface area contributed by atoms with Crippen LogP contribution in [0.25, 0.3) is 22.3 Å². The van der Waals surface area contributed by atoms with E-state index < -0.39 is 24.0 Å². The van der Waals surface area contributed by atoms with Crippen molar-refractivity contribution < 1.29 is 27.2 Å². The minimum Gasteiger partial charge on any atom is -0.348 e. The molecule has 2 N–H and O–H groups in total. The smallest absolute Gasteiger partial charge is 0.348 e. The van der Waals surface area contributed by atoms with Crippen LogP contribution in [-0.2, 0) is 10.2 Å². The maximum atomic E-state index is 13.9. The van der Waals surface area contributed by atoms with Crippen molar-refractivity contribution in [2.75, 3.05) is 26.2 Å². The number of piperidine rings is 1. The summed E-state index contributed by atoms with van der Waals surface area (Å²) >= 11 is 0. The van der Waals surface area contributed by atoms with Gasteiger partial charge in [-0.3, -0.25) is 14.6 Å². The van der Waals surface area contributed by atoms with Crippen molar-refractivity contribution in [3.63, 3.8) is 0 Å². The van der Waals surface area contributed by atoms with E-state index in [1.165, 1.54) is 6.07 Å². The molecule has 0 spiro atoms. The summed E-state index contributed by atoms with van der Waals surface area (Å²) in [6, 6.07) is 23.3. The van der Waals surface area contributed by atoms with Gasteiger partial charge in [0, 0.05) is 30.9 Å². The van der Waals surface area contributed by atoms with Crippen molar-refractivity contribution in [2.45, 2.75) is 56.7 Å². The molecule has 1 aliphatic carbocycles. The van der Waals surface area contributed by atoms with E-state index in [0.717, 1.165) is 66.7 Å². The van der Waals surface area contributed by atoms with Gasteiger partial charge in [-0.2, -0.15) is 13.2 Å². The third-order valence-electron chi connectivity index (χ3n) is 9.59. The Balaban J connectivity index is 1.06. The van der Waals surface area contributed by atoms with Gasteiger partial charge in [0.1, 0.15) is 23.5 Å². The topological polar surface area (TPSA) is 74.3 Å². The molecule has 6 nitrogen and oxygen atoms in total. The molecule has 2 amide bonds. The van der Waals surface area contributed by atoms with Gasteiger partial charge in [0.2, 0.25) is 5.91 Å². The zero-order chi connectivity index (χ0) is 33.9. The molecule has 1 aliphatic heterocycles. The highest BCUT2D eigenvalue weighted by molar-refractivity contribution is 6.01. The van der Waals surface area contributed by atoms with Gasteiger partial charge >= 0.3 is 6.18 Å². The molecular formula is C38H38F4N4O2. The monoisotopic (exact) mass is 658 g/mol. The first-order valence-electron chi connectivity index (χ1n) is 16.4. The number of unbranched alkanes of at least 4 members (excludes halogenated alkanes) is 1. The highest BCUT2D eigenvalue weighted by atomic mass is 19.4. The standard InChI is InChI=1S/C38H38F4N4O2/c1-25-23-26(14-15-33(25)39)28-11-8-19-43-34(28)35(47)45-27-16-21-46(22-17-27)20-7-6-18-37(36(48)44-24-38(40,41)42)31-12-4-2-9-29(31)30-10-3-5-13-32(30)37/h2-5,8-15,19,23,27H,6-7,16-18,20-22,24H2,1H3,(H,44,48)(H,45,47). The van der Waals surface area contributed by atoms with Crippen molar-refractivity contribution in [2.24, 2.45) is 0 Å². The van der Waals surface area contributed by atoms with Gasteiger partial charge < -0.3 is 15.5 Å². The number of likely N-dealkylation sites (tertiary alicyclic amines) is 1. The van der Waals surface area contributed by atoms with Crippen LogP contribution in [0.2, 0.25) is 0 Å². The average molecular weight is 659 g/mol. The Bertz CT molecular complexity index is 1750. The quantitative estimate of drug-likeness (QED) is 0.140. The van der Waals surface area contributed by atoms with Crippen LogP contribution in [0.3, 0.4) is 0 Å². The highest BCUT2D eigenvalue weighted by Gasteiger charge is 2.49. The van der Waals surface area contributed by atoms with Crippen molar-refractivity contribution >= 4 is 11.8 Å². The van der Waals surface area contributed by atoms with Gasteiger partial charge in [-0.1, -0.05) is 67.1 Å². The molecule has 0 unspecified atom stereocenters. The largest absolute Gasteiger partial charge is 0.405 e. The van der Waals surface area contributed by atoms with Crippen LogP contribution in [0.4, 0.5) is 17.6 Å². The molecule has 250 valence electrons. The van der Waals surface area contributed by atoms with E-state index in [1.807, 2.05) is 54.6 Å². The first-order chi connectivity index (χ1) is 23.1. The summed E-state index contributed by atoms with van der Waals surface area (Å²) < 4.78 is 53.4. The van der Waals surface area contributed by atoms with E-state index in [2.05, 4.69) is 20.5 Å². The van der Waals surface area contributed by atoms with Crippen molar-refractivity contribution in [3.05, 3.63) is 113 Å². The number of aromatic nitrogens is 1. The SMILES string of the molecule is Cc1cc(-c2cccnc2C(=O)NC2CCN(CCCCC3(C(=O)NCC(F)(F)F)c4ccccc4-c4ccccc43)CC2)ccc1F. The van der Waals surface area contributed by atoms with E-state index in [4.69, 9.17) is 0 Å². The van der Waals surface area contributed by atoms with Gasteiger partial charge in [0.15, 0.2) is 0 Å². The lowest BCUT2D eigenvalue weighted by atomic mass is 9.73. The van der Waals surface area contributed by atoms with Crippen LogP contribution in [-0.4, -0.2) is 60.1 Å². The molecule has 1 saturated heterocycles.